The summed E-state index contributed by atoms with van der Waals surface area (Å²) in [6.45, 7) is 3.42. The van der Waals surface area contributed by atoms with Gasteiger partial charge in [0.05, 0.1) is 10.9 Å². The van der Waals surface area contributed by atoms with E-state index in [0.29, 0.717) is 42.2 Å². The summed E-state index contributed by atoms with van der Waals surface area (Å²) in [7, 11) is 4.21. The summed E-state index contributed by atoms with van der Waals surface area (Å²) in [5, 5.41) is 3.50. The molecule has 0 unspecified atom stereocenters. The summed E-state index contributed by atoms with van der Waals surface area (Å²) in [6, 6.07) is 7.80. The Hall–Kier alpha value is -2.25. The minimum absolute atomic E-state index is 0.0336. The zero-order chi connectivity index (χ0) is 18.5. The number of nitrogens with one attached hydrogen (secondary N) is 2. The number of likely N-dealkylation sites (N-methyl/N-ethyl adjacent to an activating group) is 2. The van der Waals surface area contributed by atoms with E-state index in [1.54, 1.807) is 6.07 Å². The Morgan fingerprint density at radius 3 is 3.00 bits per heavy atom. The molecule has 0 spiro atoms. The van der Waals surface area contributed by atoms with E-state index in [-0.39, 0.29) is 11.5 Å². The second-order valence-electron chi connectivity index (χ2n) is 7.07. The van der Waals surface area contributed by atoms with Crippen molar-refractivity contribution >= 4 is 16.8 Å². The number of para-hydroxylation sites is 1. The van der Waals surface area contributed by atoms with Crippen molar-refractivity contribution in [3.8, 4) is 0 Å². The molecule has 1 aliphatic heterocycles. The van der Waals surface area contributed by atoms with Gasteiger partial charge in [0.25, 0.3) is 5.56 Å². The van der Waals surface area contributed by atoms with Gasteiger partial charge in [-0.2, -0.15) is 0 Å². The van der Waals surface area contributed by atoms with Gasteiger partial charge in [0.15, 0.2) is 0 Å². The van der Waals surface area contributed by atoms with Crippen LogP contribution >= 0.6 is 0 Å². The average Bonchev–Trinajstić information content (AvgIpc) is 3.06. The number of rotatable bonds is 7. The number of amides is 1. The van der Waals surface area contributed by atoms with Gasteiger partial charge in [0.2, 0.25) is 5.91 Å². The molecule has 1 fully saturated rings. The van der Waals surface area contributed by atoms with Crippen LogP contribution in [0.25, 0.3) is 10.9 Å². The van der Waals surface area contributed by atoms with Crippen LogP contribution in [0.5, 0.6) is 0 Å². The molecule has 1 amide bonds. The number of H-pyrrole nitrogens is 1. The van der Waals surface area contributed by atoms with E-state index in [9.17, 15) is 9.59 Å². The first kappa shape index (κ1) is 18.5. The van der Waals surface area contributed by atoms with Gasteiger partial charge in [0.1, 0.15) is 5.82 Å². The Bertz CT molecular complexity index is 819. The van der Waals surface area contributed by atoms with Crippen molar-refractivity contribution in [3.63, 3.8) is 0 Å². The third-order valence-electron chi connectivity index (χ3n) is 5.03. The van der Waals surface area contributed by atoms with Crippen molar-refractivity contribution < 1.29 is 4.79 Å². The zero-order valence-electron chi connectivity index (χ0n) is 15.5. The highest BCUT2D eigenvalue weighted by molar-refractivity contribution is 5.77. The van der Waals surface area contributed by atoms with E-state index in [4.69, 9.17) is 0 Å². The molecule has 2 N–H and O–H groups in total. The SMILES string of the molecule is CN1CC[C@H](N(C)CCC(=O)NCCc2nc3ccccc3c(=O)[nH]2)C1. The molecular weight excluding hydrogens is 330 g/mol. The fourth-order valence-electron chi connectivity index (χ4n) is 3.39. The highest BCUT2D eigenvalue weighted by Crippen LogP contribution is 2.12. The summed E-state index contributed by atoms with van der Waals surface area (Å²) in [4.78, 5) is 35.9. The van der Waals surface area contributed by atoms with E-state index < -0.39 is 0 Å². The van der Waals surface area contributed by atoms with Crippen LogP contribution in [0.3, 0.4) is 0 Å². The van der Waals surface area contributed by atoms with E-state index in [2.05, 4.69) is 39.2 Å². The van der Waals surface area contributed by atoms with Crippen LogP contribution < -0.4 is 10.9 Å². The third kappa shape index (κ3) is 4.68. The lowest BCUT2D eigenvalue weighted by molar-refractivity contribution is -0.121. The molecule has 1 aromatic carbocycles. The normalized spacial score (nSPS) is 17.9. The Morgan fingerprint density at radius 2 is 2.23 bits per heavy atom. The molecule has 0 bridgehead atoms. The van der Waals surface area contributed by atoms with Gasteiger partial charge in [-0.25, -0.2) is 4.98 Å². The van der Waals surface area contributed by atoms with Crippen molar-refractivity contribution in [2.24, 2.45) is 0 Å². The molecule has 2 aromatic rings. The molecule has 1 aromatic heterocycles. The lowest BCUT2D eigenvalue weighted by Crippen LogP contribution is -2.37. The molecule has 0 radical (unpaired) electrons. The number of carbonyl (C=O) groups is 1. The average molecular weight is 357 g/mol. The molecule has 1 saturated heterocycles. The van der Waals surface area contributed by atoms with Crippen molar-refractivity contribution in [3.05, 3.63) is 40.4 Å². The van der Waals surface area contributed by atoms with Crippen LogP contribution in [0.4, 0.5) is 0 Å². The van der Waals surface area contributed by atoms with E-state index in [0.717, 1.165) is 26.1 Å². The molecule has 7 nitrogen and oxygen atoms in total. The predicted molar refractivity (Wildman–Crippen MR) is 102 cm³/mol. The molecule has 26 heavy (non-hydrogen) atoms. The molecule has 1 aliphatic rings. The number of aromatic amines is 1. The van der Waals surface area contributed by atoms with Crippen LogP contribution in [0.1, 0.15) is 18.7 Å². The van der Waals surface area contributed by atoms with Crippen LogP contribution in [0.15, 0.2) is 29.1 Å². The third-order valence-corrected chi connectivity index (χ3v) is 5.03. The highest BCUT2D eigenvalue weighted by Gasteiger charge is 2.23. The Morgan fingerprint density at radius 1 is 1.42 bits per heavy atom. The molecule has 1 atom stereocenters. The number of likely N-dealkylation sites (tertiary alicyclic amines) is 1. The van der Waals surface area contributed by atoms with Gasteiger partial charge >= 0.3 is 0 Å². The van der Waals surface area contributed by atoms with Crippen LogP contribution in [-0.2, 0) is 11.2 Å². The van der Waals surface area contributed by atoms with Crippen LogP contribution in [0.2, 0.25) is 0 Å². The largest absolute Gasteiger partial charge is 0.356 e. The van der Waals surface area contributed by atoms with E-state index in [1.807, 2.05) is 18.2 Å². The number of fused-ring (bicyclic) bond motifs is 1. The smallest absolute Gasteiger partial charge is 0.258 e. The summed E-state index contributed by atoms with van der Waals surface area (Å²) in [5.41, 5.74) is 0.542. The molecule has 0 aliphatic carbocycles. The zero-order valence-corrected chi connectivity index (χ0v) is 15.5. The number of aromatic nitrogens is 2. The lowest BCUT2D eigenvalue weighted by atomic mass is 10.2. The number of benzene rings is 1. The minimum Gasteiger partial charge on any atom is -0.356 e. The predicted octanol–water partition coefficient (Wildman–Crippen LogP) is 0.608. The number of hydrogen-bond donors (Lipinski definition) is 2. The Labute approximate surface area is 153 Å². The van der Waals surface area contributed by atoms with Crippen molar-refractivity contribution in [2.45, 2.75) is 25.3 Å². The topological polar surface area (TPSA) is 81.3 Å². The molecule has 3 rings (SSSR count). The lowest BCUT2D eigenvalue weighted by Gasteiger charge is -2.23. The number of nitrogens with zero attached hydrogens (tertiary/aromatic N) is 3. The molecule has 2 heterocycles. The fraction of sp³-hybridized carbons (Fsp3) is 0.526. The summed E-state index contributed by atoms with van der Waals surface area (Å²) < 4.78 is 0. The van der Waals surface area contributed by atoms with E-state index >= 15 is 0 Å². The Balaban J connectivity index is 1.43. The van der Waals surface area contributed by atoms with Gasteiger partial charge < -0.3 is 20.1 Å². The first-order valence-electron chi connectivity index (χ1n) is 9.16. The molecule has 0 saturated carbocycles. The number of hydrogen-bond acceptors (Lipinski definition) is 5. The standard InChI is InChI=1S/C19H27N5O2/c1-23-11-8-14(13-23)24(2)12-9-18(25)20-10-7-17-21-16-6-4-3-5-15(16)19(26)22-17/h3-6,14H,7-13H2,1-2H3,(H,20,25)(H,21,22,26)/t14-/m0/s1. The van der Waals surface area contributed by atoms with Gasteiger partial charge in [-0.1, -0.05) is 12.1 Å². The van der Waals surface area contributed by atoms with Crippen molar-refractivity contribution in [1.29, 1.82) is 0 Å². The monoisotopic (exact) mass is 357 g/mol. The fourth-order valence-corrected chi connectivity index (χ4v) is 3.39. The van der Waals surface area contributed by atoms with Crippen molar-refractivity contribution in [1.82, 2.24) is 25.1 Å². The van der Waals surface area contributed by atoms with Gasteiger partial charge in [-0.15, -0.1) is 0 Å². The summed E-state index contributed by atoms with van der Waals surface area (Å²) >= 11 is 0. The highest BCUT2D eigenvalue weighted by atomic mass is 16.1. The van der Waals surface area contributed by atoms with Crippen molar-refractivity contribution in [2.75, 3.05) is 40.3 Å². The summed E-state index contributed by atoms with van der Waals surface area (Å²) in [6.07, 6.45) is 2.16. The maximum Gasteiger partial charge on any atom is 0.258 e. The van der Waals surface area contributed by atoms with Crippen LogP contribution in [0, 0.1) is 0 Å². The minimum atomic E-state index is -0.139. The quantitative estimate of drug-likeness (QED) is 0.759. The Kier molecular flexibility index (Phi) is 6.00. The molecule has 140 valence electrons. The summed E-state index contributed by atoms with van der Waals surface area (Å²) in [5.74, 6) is 0.631. The molecular formula is C19H27N5O2. The first-order valence-corrected chi connectivity index (χ1v) is 9.16. The van der Waals surface area contributed by atoms with Gasteiger partial charge in [0, 0.05) is 38.5 Å². The van der Waals surface area contributed by atoms with Crippen LogP contribution in [-0.4, -0.2) is 72.0 Å². The first-order chi connectivity index (χ1) is 12.5. The van der Waals surface area contributed by atoms with Gasteiger partial charge in [-0.05, 0) is 39.2 Å². The maximum absolute atomic E-state index is 12.1. The maximum atomic E-state index is 12.1. The molecule has 7 heteroatoms. The second kappa shape index (κ2) is 8.42. The van der Waals surface area contributed by atoms with E-state index in [1.165, 1.54) is 0 Å². The second-order valence-corrected chi connectivity index (χ2v) is 7.07. The van der Waals surface area contributed by atoms with Gasteiger partial charge in [-0.3, -0.25) is 9.59 Å². The number of carbonyl (C=O) groups excluding carboxylic acids is 1.